The van der Waals surface area contributed by atoms with Gasteiger partial charge in [-0.15, -0.1) is 0 Å². The molecule has 0 aliphatic rings. The summed E-state index contributed by atoms with van der Waals surface area (Å²) >= 11 is 11.3. The van der Waals surface area contributed by atoms with Crippen LogP contribution in [0.2, 0.25) is 0 Å². The second-order valence-corrected chi connectivity index (χ2v) is 4.91. The van der Waals surface area contributed by atoms with Crippen LogP contribution in [-0.2, 0) is 11.2 Å². The van der Waals surface area contributed by atoms with E-state index in [2.05, 4.69) is 0 Å². The Bertz CT molecular complexity index is 354. The molecule has 1 aromatic carbocycles. The molecule has 88 valence electrons. The Morgan fingerprint density at radius 2 is 1.94 bits per heavy atom. The first kappa shape index (κ1) is 13.3. The van der Waals surface area contributed by atoms with Crippen LogP contribution in [0.5, 0.6) is 0 Å². The Morgan fingerprint density at radius 1 is 1.38 bits per heavy atom. The summed E-state index contributed by atoms with van der Waals surface area (Å²) in [5, 5.41) is 9.64. The number of aliphatic hydroxyl groups excluding tert-OH is 1. The van der Waals surface area contributed by atoms with Crippen molar-refractivity contribution in [2.75, 3.05) is 0 Å². The number of nitrogens with two attached hydrogens (primary N) is 1. The minimum Gasteiger partial charge on any atom is -0.389 e. The number of rotatable bonds is 5. The summed E-state index contributed by atoms with van der Waals surface area (Å²) in [4.78, 5) is 10.9. The maximum atomic E-state index is 10.9. The van der Waals surface area contributed by atoms with Gasteiger partial charge in [-0.25, -0.2) is 0 Å². The number of alkyl halides is 2. The summed E-state index contributed by atoms with van der Waals surface area (Å²) in [5.41, 5.74) is 6.01. The predicted octanol–water partition coefficient (Wildman–Crippen LogP) is 1.64. The second kappa shape index (κ2) is 5.53. The first-order chi connectivity index (χ1) is 7.44. The van der Waals surface area contributed by atoms with Crippen LogP contribution in [0.25, 0.3) is 0 Å². The van der Waals surface area contributed by atoms with Crippen molar-refractivity contribution in [3.63, 3.8) is 0 Å². The van der Waals surface area contributed by atoms with Gasteiger partial charge < -0.3 is 10.8 Å². The molecule has 1 unspecified atom stereocenters. The lowest BCUT2D eigenvalue weighted by molar-refractivity contribution is -0.120. The van der Waals surface area contributed by atoms with Gasteiger partial charge in [0.2, 0.25) is 4.33 Å². The van der Waals surface area contributed by atoms with Crippen molar-refractivity contribution in [1.82, 2.24) is 0 Å². The second-order valence-electron chi connectivity index (χ2n) is 3.53. The zero-order chi connectivity index (χ0) is 12.2. The van der Waals surface area contributed by atoms with E-state index >= 15 is 0 Å². The average molecular weight is 262 g/mol. The Morgan fingerprint density at radius 3 is 2.44 bits per heavy atom. The monoisotopic (exact) mass is 261 g/mol. The molecule has 1 atom stereocenters. The van der Waals surface area contributed by atoms with Gasteiger partial charge in [-0.3, -0.25) is 4.79 Å². The first-order valence-electron chi connectivity index (χ1n) is 4.84. The maximum Gasteiger partial charge on any atom is 0.256 e. The summed E-state index contributed by atoms with van der Waals surface area (Å²) in [5.74, 6) is -0.934. The Labute approximate surface area is 104 Å². The number of aliphatic hydroxyl groups is 1. The molecule has 1 rings (SSSR count). The normalized spacial score (nSPS) is 13.4. The molecule has 0 spiro atoms. The molecule has 0 saturated carbocycles. The van der Waals surface area contributed by atoms with E-state index in [1.54, 1.807) is 0 Å². The highest BCUT2D eigenvalue weighted by Gasteiger charge is 2.39. The summed E-state index contributed by atoms with van der Waals surface area (Å²) in [7, 11) is 0. The molecule has 0 bridgehead atoms. The van der Waals surface area contributed by atoms with Crippen LogP contribution < -0.4 is 5.73 Å². The van der Waals surface area contributed by atoms with Gasteiger partial charge in [0, 0.05) is 0 Å². The average Bonchev–Trinajstić information content (AvgIpc) is 2.27. The largest absolute Gasteiger partial charge is 0.389 e. The molecule has 0 aliphatic carbocycles. The van der Waals surface area contributed by atoms with Crippen LogP contribution in [0.3, 0.4) is 0 Å². The van der Waals surface area contributed by atoms with Gasteiger partial charge in [0.15, 0.2) is 0 Å². The summed E-state index contributed by atoms with van der Waals surface area (Å²) < 4.78 is -1.92. The molecule has 1 amide bonds. The molecule has 3 nitrogen and oxygen atoms in total. The molecule has 0 heterocycles. The molecule has 0 aromatic heterocycles. The molecule has 5 heteroatoms. The molecule has 1 aromatic rings. The SMILES string of the molecule is NC(=O)C(Cl)(Cl)C(O)CCc1ccccc1. The quantitative estimate of drug-likeness (QED) is 0.792. The lowest BCUT2D eigenvalue weighted by atomic mass is 10.0. The minimum atomic E-state index is -1.92. The molecule has 0 fully saturated rings. The zero-order valence-corrected chi connectivity index (χ0v) is 10.1. The maximum absolute atomic E-state index is 10.9. The fraction of sp³-hybridized carbons (Fsp3) is 0.364. The fourth-order valence-corrected chi connectivity index (χ4v) is 1.51. The van der Waals surface area contributed by atoms with Crippen molar-refractivity contribution in [2.45, 2.75) is 23.3 Å². The van der Waals surface area contributed by atoms with Crippen LogP contribution in [0.15, 0.2) is 30.3 Å². The van der Waals surface area contributed by atoms with Crippen molar-refractivity contribution in [1.29, 1.82) is 0 Å². The van der Waals surface area contributed by atoms with Crippen molar-refractivity contribution in [2.24, 2.45) is 5.73 Å². The van der Waals surface area contributed by atoms with Gasteiger partial charge in [0.05, 0.1) is 6.10 Å². The molecular formula is C11H13Cl2NO2. The zero-order valence-electron chi connectivity index (χ0n) is 8.57. The van der Waals surface area contributed by atoms with Gasteiger partial charge >= 0.3 is 0 Å². The third-order valence-electron chi connectivity index (χ3n) is 2.30. The van der Waals surface area contributed by atoms with Gasteiger partial charge in [-0.1, -0.05) is 53.5 Å². The van der Waals surface area contributed by atoms with E-state index in [1.165, 1.54) is 0 Å². The third kappa shape index (κ3) is 3.37. The lowest BCUT2D eigenvalue weighted by Crippen LogP contribution is -2.44. The van der Waals surface area contributed by atoms with Gasteiger partial charge in [0.1, 0.15) is 0 Å². The molecular weight excluding hydrogens is 249 g/mol. The van der Waals surface area contributed by atoms with Crippen molar-refractivity contribution in [3.8, 4) is 0 Å². The van der Waals surface area contributed by atoms with Gasteiger partial charge in [0.25, 0.3) is 5.91 Å². The van der Waals surface area contributed by atoms with E-state index in [4.69, 9.17) is 28.9 Å². The molecule has 3 N–H and O–H groups in total. The van der Waals surface area contributed by atoms with Crippen LogP contribution >= 0.6 is 23.2 Å². The number of amides is 1. The number of hydrogen-bond acceptors (Lipinski definition) is 2. The van der Waals surface area contributed by atoms with Crippen LogP contribution in [0, 0.1) is 0 Å². The summed E-state index contributed by atoms with van der Waals surface area (Å²) in [6.45, 7) is 0. The number of carbonyl (C=O) groups excluding carboxylic acids is 1. The van der Waals surface area contributed by atoms with Crippen molar-refractivity contribution >= 4 is 29.1 Å². The van der Waals surface area contributed by atoms with E-state index in [1.807, 2.05) is 30.3 Å². The van der Waals surface area contributed by atoms with Crippen molar-refractivity contribution in [3.05, 3.63) is 35.9 Å². The minimum absolute atomic E-state index is 0.278. The van der Waals surface area contributed by atoms with E-state index in [9.17, 15) is 9.90 Å². The Balaban J connectivity index is 2.53. The first-order valence-corrected chi connectivity index (χ1v) is 5.60. The van der Waals surface area contributed by atoms with E-state index in [-0.39, 0.29) is 6.42 Å². The van der Waals surface area contributed by atoms with Crippen LogP contribution in [-0.4, -0.2) is 21.5 Å². The summed E-state index contributed by atoms with van der Waals surface area (Å²) in [6.07, 6.45) is -0.315. The number of benzene rings is 1. The third-order valence-corrected chi connectivity index (χ3v) is 3.17. The van der Waals surface area contributed by atoms with E-state index < -0.39 is 16.3 Å². The highest BCUT2D eigenvalue weighted by atomic mass is 35.5. The van der Waals surface area contributed by atoms with E-state index in [0.29, 0.717) is 6.42 Å². The number of primary amides is 1. The smallest absolute Gasteiger partial charge is 0.256 e. The van der Waals surface area contributed by atoms with Gasteiger partial charge in [-0.05, 0) is 18.4 Å². The Kier molecular flexibility index (Phi) is 4.59. The molecule has 0 saturated heterocycles. The number of hydrogen-bond donors (Lipinski definition) is 2. The lowest BCUT2D eigenvalue weighted by Gasteiger charge is -2.22. The fourth-order valence-electron chi connectivity index (χ4n) is 1.29. The van der Waals surface area contributed by atoms with Crippen molar-refractivity contribution < 1.29 is 9.90 Å². The standard InChI is InChI=1S/C11H13Cl2NO2/c12-11(13,10(14)16)9(15)7-6-8-4-2-1-3-5-8/h1-5,9,15H,6-7H2,(H2,14,16). The predicted molar refractivity (Wildman–Crippen MR) is 64.4 cm³/mol. The van der Waals surface area contributed by atoms with Crippen LogP contribution in [0.4, 0.5) is 0 Å². The number of carbonyl (C=O) groups is 1. The molecule has 16 heavy (non-hydrogen) atoms. The number of halogens is 2. The van der Waals surface area contributed by atoms with E-state index in [0.717, 1.165) is 5.56 Å². The highest BCUT2D eigenvalue weighted by Crippen LogP contribution is 2.27. The summed E-state index contributed by atoms with van der Waals surface area (Å²) in [6, 6.07) is 9.52. The number of aryl methyl sites for hydroxylation is 1. The Hall–Kier alpha value is -0.770. The van der Waals surface area contributed by atoms with Gasteiger partial charge in [-0.2, -0.15) is 0 Å². The molecule has 0 radical (unpaired) electrons. The topological polar surface area (TPSA) is 63.3 Å². The molecule has 0 aliphatic heterocycles. The van der Waals surface area contributed by atoms with Crippen LogP contribution in [0.1, 0.15) is 12.0 Å². The highest BCUT2D eigenvalue weighted by molar-refractivity contribution is 6.58.